The van der Waals surface area contributed by atoms with Gasteiger partial charge in [0.25, 0.3) is 0 Å². The first-order chi connectivity index (χ1) is 7.33. The summed E-state index contributed by atoms with van der Waals surface area (Å²) in [6.45, 7) is 8.58. The molecule has 0 aromatic rings. The van der Waals surface area contributed by atoms with Crippen LogP contribution in [0.1, 0.15) is 46.5 Å². The van der Waals surface area contributed by atoms with Crippen molar-refractivity contribution in [3.05, 3.63) is 0 Å². The lowest BCUT2D eigenvalue weighted by Gasteiger charge is -2.39. The van der Waals surface area contributed by atoms with Gasteiger partial charge in [0.05, 0.1) is 5.54 Å². The van der Waals surface area contributed by atoms with Gasteiger partial charge in [-0.2, -0.15) is 0 Å². The fourth-order valence-corrected chi connectivity index (χ4v) is 2.74. The highest BCUT2D eigenvalue weighted by molar-refractivity contribution is 5.87. The topological polar surface area (TPSA) is 46.3 Å². The lowest BCUT2D eigenvalue weighted by Crippen LogP contribution is -2.59. The molecular weight excluding hydrogens is 200 g/mol. The highest BCUT2D eigenvalue weighted by atomic mass is 16.2. The molecule has 92 valence electrons. The number of carbonyl (C=O) groups excluding carboxylic acids is 1. The Hall–Kier alpha value is -0.570. The molecule has 1 heterocycles. The first-order valence-corrected chi connectivity index (χ1v) is 6.41. The minimum Gasteiger partial charge on any atom is -0.341 e. The van der Waals surface area contributed by atoms with Crippen molar-refractivity contribution in [2.75, 3.05) is 13.1 Å². The van der Waals surface area contributed by atoms with Crippen LogP contribution in [0.4, 0.5) is 0 Å². The van der Waals surface area contributed by atoms with Crippen LogP contribution < -0.4 is 5.73 Å². The third-order valence-electron chi connectivity index (χ3n) is 4.37. The van der Waals surface area contributed by atoms with E-state index in [1.165, 1.54) is 0 Å². The normalized spacial score (nSPS) is 29.0. The van der Waals surface area contributed by atoms with Gasteiger partial charge in [0.2, 0.25) is 5.91 Å². The Morgan fingerprint density at radius 3 is 2.38 bits per heavy atom. The molecule has 2 fully saturated rings. The average Bonchev–Trinajstić information content (AvgIpc) is 2.60. The molecule has 1 aliphatic carbocycles. The van der Waals surface area contributed by atoms with Gasteiger partial charge in [-0.3, -0.25) is 4.79 Å². The van der Waals surface area contributed by atoms with E-state index >= 15 is 0 Å². The van der Waals surface area contributed by atoms with E-state index in [1.54, 1.807) is 0 Å². The van der Waals surface area contributed by atoms with Gasteiger partial charge in [-0.05, 0) is 37.0 Å². The molecule has 1 atom stereocenters. The zero-order valence-corrected chi connectivity index (χ0v) is 10.8. The maximum atomic E-state index is 12.2. The summed E-state index contributed by atoms with van der Waals surface area (Å²) in [5.74, 6) is 0.825. The van der Waals surface area contributed by atoms with E-state index in [4.69, 9.17) is 5.73 Å². The maximum Gasteiger partial charge on any atom is 0.242 e. The van der Waals surface area contributed by atoms with Crippen LogP contribution in [-0.4, -0.2) is 29.4 Å². The Bertz CT molecular complexity index is 289. The largest absolute Gasteiger partial charge is 0.341 e. The molecule has 3 nitrogen and oxygen atoms in total. The number of nitrogens with two attached hydrogens (primary N) is 1. The molecule has 0 aromatic heterocycles. The van der Waals surface area contributed by atoms with Crippen LogP contribution in [0.15, 0.2) is 0 Å². The third-order valence-corrected chi connectivity index (χ3v) is 4.37. The van der Waals surface area contributed by atoms with E-state index in [-0.39, 0.29) is 5.91 Å². The number of carbonyl (C=O) groups is 1. The zero-order chi connectivity index (χ0) is 12.0. The molecule has 2 aliphatic rings. The van der Waals surface area contributed by atoms with Crippen molar-refractivity contribution in [3.8, 4) is 0 Å². The maximum absolute atomic E-state index is 12.2. The molecule has 0 spiro atoms. The number of nitrogens with zero attached hydrogens (tertiary/aromatic N) is 1. The lowest BCUT2D eigenvalue weighted by molar-refractivity contribution is -0.139. The molecule has 1 aliphatic heterocycles. The second kappa shape index (κ2) is 3.73. The predicted molar refractivity (Wildman–Crippen MR) is 64.9 cm³/mol. The number of hydrogen-bond donors (Lipinski definition) is 1. The van der Waals surface area contributed by atoms with E-state index in [2.05, 4.69) is 20.8 Å². The van der Waals surface area contributed by atoms with Gasteiger partial charge in [-0.15, -0.1) is 0 Å². The Labute approximate surface area is 98.4 Å². The van der Waals surface area contributed by atoms with Crippen molar-refractivity contribution in [3.63, 3.8) is 0 Å². The molecule has 2 rings (SSSR count). The standard InChI is InChI=1S/C13H24N2O/c1-12(2,3)10-5-8-15(9-10)11(16)13(14)6-4-7-13/h10H,4-9,14H2,1-3H3. The average molecular weight is 224 g/mol. The highest BCUT2D eigenvalue weighted by Crippen LogP contribution is 2.37. The van der Waals surface area contributed by atoms with E-state index < -0.39 is 5.54 Å². The first kappa shape index (κ1) is 11.9. The summed E-state index contributed by atoms with van der Waals surface area (Å²) >= 11 is 0. The van der Waals surface area contributed by atoms with Crippen LogP contribution in [0, 0.1) is 11.3 Å². The summed E-state index contributed by atoms with van der Waals surface area (Å²) < 4.78 is 0. The van der Waals surface area contributed by atoms with Crippen molar-refractivity contribution >= 4 is 5.91 Å². The smallest absolute Gasteiger partial charge is 0.242 e. The second-order valence-electron chi connectivity index (χ2n) is 6.61. The number of amides is 1. The predicted octanol–water partition coefficient (Wildman–Crippen LogP) is 1.76. The molecule has 1 unspecified atom stereocenters. The molecule has 0 aromatic carbocycles. The quantitative estimate of drug-likeness (QED) is 0.737. The van der Waals surface area contributed by atoms with E-state index in [0.717, 1.165) is 38.8 Å². The lowest BCUT2D eigenvalue weighted by atomic mass is 9.76. The molecule has 0 bridgehead atoms. The fourth-order valence-electron chi connectivity index (χ4n) is 2.74. The summed E-state index contributed by atoms with van der Waals surface area (Å²) in [5.41, 5.74) is 5.88. The van der Waals surface area contributed by atoms with Gasteiger partial charge in [0, 0.05) is 13.1 Å². The van der Waals surface area contributed by atoms with Crippen molar-refractivity contribution in [2.45, 2.75) is 52.0 Å². The van der Waals surface area contributed by atoms with Gasteiger partial charge in [-0.1, -0.05) is 20.8 Å². The molecule has 3 heteroatoms. The molecular formula is C13H24N2O. The molecule has 1 saturated carbocycles. The number of hydrogen-bond acceptors (Lipinski definition) is 2. The van der Waals surface area contributed by atoms with Crippen LogP contribution in [0.25, 0.3) is 0 Å². The number of likely N-dealkylation sites (tertiary alicyclic amines) is 1. The van der Waals surface area contributed by atoms with Gasteiger partial charge in [0.15, 0.2) is 0 Å². The Morgan fingerprint density at radius 1 is 1.38 bits per heavy atom. The van der Waals surface area contributed by atoms with Crippen LogP contribution >= 0.6 is 0 Å². The van der Waals surface area contributed by atoms with Gasteiger partial charge < -0.3 is 10.6 Å². The molecule has 16 heavy (non-hydrogen) atoms. The van der Waals surface area contributed by atoms with Crippen LogP contribution in [-0.2, 0) is 4.79 Å². The molecule has 2 N–H and O–H groups in total. The summed E-state index contributed by atoms with van der Waals surface area (Å²) in [6.07, 6.45) is 4.00. The van der Waals surface area contributed by atoms with E-state index in [9.17, 15) is 4.79 Å². The number of rotatable bonds is 1. The van der Waals surface area contributed by atoms with Gasteiger partial charge in [0.1, 0.15) is 0 Å². The van der Waals surface area contributed by atoms with Gasteiger partial charge >= 0.3 is 0 Å². The van der Waals surface area contributed by atoms with E-state index in [1.807, 2.05) is 4.90 Å². The minimum atomic E-state index is -0.507. The zero-order valence-electron chi connectivity index (χ0n) is 10.8. The Morgan fingerprint density at radius 2 is 2.00 bits per heavy atom. The summed E-state index contributed by atoms with van der Waals surface area (Å²) in [4.78, 5) is 14.2. The van der Waals surface area contributed by atoms with Crippen LogP contribution in [0.3, 0.4) is 0 Å². The van der Waals surface area contributed by atoms with E-state index in [0.29, 0.717) is 11.3 Å². The van der Waals surface area contributed by atoms with Crippen molar-refractivity contribution < 1.29 is 4.79 Å². The summed E-state index contributed by atoms with van der Waals surface area (Å²) in [5, 5.41) is 0. The van der Waals surface area contributed by atoms with Crippen molar-refractivity contribution in [1.29, 1.82) is 0 Å². The third kappa shape index (κ3) is 1.97. The van der Waals surface area contributed by atoms with Crippen LogP contribution in [0.2, 0.25) is 0 Å². The summed E-state index contributed by atoms with van der Waals surface area (Å²) in [7, 11) is 0. The highest BCUT2D eigenvalue weighted by Gasteiger charge is 2.45. The Balaban J connectivity index is 1.96. The SMILES string of the molecule is CC(C)(C)C1CCN(C(=O)C2(N)CCC2)C1. The molecule has 1 saturated heterocycles. The summed E-state index contributed by atoms with van der Waals surface area (Å²) in [6, 6.07) is 0. The minimum absolute atomic E-state index is 0.200. The molecule has 1 amide bonds. The Kier molecular flexibility index (Phi) is 2.77. The van der Waals surface area contributed by atoms with Crippen LogP contribution in [0.5, 0.6) is 0 Å². The van der Waals surface area contributed by atoms with Crippen molar-refractivity contribution in [2.24, 2.45) is 17.1 Å². The van der Waals surface area contributed by atoms with Crippen molar-refractivity contribution in [1.82, 2.24) is 4.90 Å². The fraction of sp³-hybridized carbons (Fsp3) is 0.923. The molecule has 0 radical (unpaired) electrons. The monoisotopic (exact) mass is 224 g/mol. The van der Waals surface area contributed by atoms with Gasteiger partial charge in [-0.25, -0.2) is 0 Å². The first-order valence-electron chi connectivity index (χ1n) is 6.41. The second-order valence-corrected chi connectivity index (χ2v) is 6.61.